The van der Waals surface area contributed by atoms with Crippen LogP contribution in [0.25, 0.3) is 32.3 Å². The largest absolute Gasteiger partial charge is 4.00 e. The smallest absolute Gasteiger partial charge is 1.00 e. The van der Waals surface area contributed by atoms with Gasteiger partial charge in [0.1, 0.15) is 0 Å². The van der Waals surface area contributed by atoms with Crippen molar-refractivity contribution in [2.45, 2.75) is 27.7 Å². The van der Waals surface area contributed by atoms with Gasteiger partial charge < -0.3 is 24.8 Å². The van der Waals surface area contributed by atoms with E-state index in [1.165, 1.54) is 44.6 Å². The second-order valence-electron chi connectivity index (χ2n) is 9.35. The van der Waals surface area contributed by atoms with Gasteiger partial charge in [-0.2, -0.15) is 6.07 Å². The molecule has 0 atom stereocenters. The summed E-state index contributed by atoms with van der Waals surface area (Å²) in [6.07, 6.45) is 2.73. The van der Waals surface area contributed by atoms with Crippen molar-refractivity contribution in [2.75, 3.05) is 12.3 Å². The van der Waals surface area contributed by atoms with Crippen LogP contribution in [0.4, 0.5) is 0 Å². The second kappa shape index (κ2) is 14.4. The zero-order valence-corrected chi connectivity index (χ0v) is 24.4. The number of fused-ring (bicyclic) bond motifs is 4. The first-order valence-electron chi connectivity index (χ1n) is 11.4. The van der Waals surface area contributed by atoms with E-state index in [1.54, 1.807) is 5.30 Å². The maximum absolute atomic E-state index is 2.42. The van der Waals surface area contributed by atoms with E-state index >= 15 is 0 Å². The van der Waals surface area contributed by atoms with E-state index in [1.807, 2.05) is 0 Å². The van der Waals surface area contributed by atoms with Crippen LogP contribution < -0.4 is 30.1 Å². The molecule has 0 heterocycles. The van der Waals surface area contributed by atoms with Gasteiger partial charge in [0.15, 0.2) is 0 Å². The summed E-state index contributed by atoms with van der Waals surface area (Å²) in [6.45, 7) is 9.38. The summed E-state index contributed by atoms with van der Waals surface area (Å²) in [7, 11) is 0.0185. The zero-order chi connectivity index (χ0) is 21.8. The second-order valence-corrected chi connectivity index (χ2v) is 11.7. The number of hydrogen-bond acceptors (Lipinski definition) is 0. The fourth-order valence-corrected chi connectivity index (χ4v) is 7.36. The van der Waals surface area contributed by atoms with Crippen LogP contribution in [0.2, 0.25) is 0 Å². The van der Waals surface area contributed by atoms with Crippen molar-refractivity contribution >= 4 is 45.5 Å². The van der Waals surface area contributed by atoms with Gasteiger partial charge in [0.25, 0.3) is 0 Å². The Morgan fingerprint density at radius 1 is 0.618 bits per heavy atom. The van der Waals surface area contributed by atoms with E-state index < -0.39 is 0 Å². The van der Waals surface area contributed by atoms with E-state index in [2.05, 4.69) is 119 Å². The van der Waals surface area contributed by atoms with Gasteiger partial charge in [-0.25, -0.2) is 0 Å². The zero-order valence-electron chi connectivity index (χ0n) is 20.4. The normalized spacial score (nSPS) is 10.7. The Labute approximate surface area is 233 Å². The predicted molar refractivity (Wildman–Crippen MR) is 143 cm³/mol. The van der Waals surface area contributed by atoms with Crippen LogP contribution in [0.1, 0.15) is 27.7 Å². The minimum Gasteiger partial charge on any atom is -1.00 e. The van der Waals surface area contributed by atoms with Crippen LogP contribution in [-0.4, -0.2) is 12.3 Å². The molecule has 0 aliphatic rings. The fourth-order valence-electron chi connectivity index (χ4n) is 4.39. The van der Waals surface area contributed by atoms with Crippen molar-refractivity contribution in [3.05, 3.63) is 91.0 Å². The third-order valence-corrected chi connectivity index (χ3v) is 8.99. The maximum atomic E-state index is 2.42. The summed E-state index contributed by atoms with van der Waals surface area (Å²) in [4.78, 5) is 0. The minimum absolute atomic E-state index is 0. The van der Waals surface area contributed by atoms with Gasteiger partial charge in [-0.05, 0) is 24.2 Å². The summed E-state index contributed by atoms with van der Waals surface area (Å²) < 4.78 is 0. The summed E-state index contributed by atoms with van der Waals surface area (Å²) >= 11 is 0. The third-order valence-electron chi connectivity index (χ3n) is 5.66. The van der Waals surface area contributed by atoms with Crippen LogP contribution >= 0.6 is 7.92 Å². The molecule has 0 bridgehead atoms. The molecule has 5 aromatic carbocycles. The van der Waals surface area contributed by atoms with Crippen molar-refractivity contribution in [1.82, 2.24) is 0 Å². The minimum atomic E-state index is 0. The molecule has 0 radical (unpaired) electrons. The topological polar surface area (TPSA) is 0 Å². The molecule has 0 saturated carbocycles. The Bertz CT molecular complexity index is 1180. The molecule has 0 unspecified atom stereocenters. The van der Waals surface area contributed by atoms with Gasteiger partial charge in [-0.1, -0.05) is 78.1 Å². The van der Waals surface area contributed by atoms with Crippen LogP contribution in [0.15, 0.2) is 91.0 Å². The van der Waals surface area contributed by atoms with Crippen LogP contribution in [0.3, 0.4) is 0 Å². The molecule has 5 aromatic rings. The van der Waals surface area contributed by atoms with Gasteiger partial charge in [-0.15, -0.1) is 80.1 Å². The Balaban J connectivity index is 0.000000323. The molecule has 0 fully saturated rings. The fraction of sp³-hybridized carbons (Fsp3) is 0.267. The molecule has 4 heteroatoms. The summed E-state index contributed by atoms with van der Waals surface area (Å²) in [5.74, 6) is 1.60. The van der Waals surface area contributed by atoms with Crippen molar-refractivity contribution < 1.29 is 46.5 Å². The van der Waals surface area contributed by atoms with Gasteiger partial charge in [-0.3, -0.25) is 0 Å². The number of halogens is 2. The van der Waals surface area contributed by atoms with Crippen molar-refractivity contribution in [3.63, 3.8) is 0 Å². The number of hydrogen-bond donors (Lipinski definition) is 0. The van der Waals surface area contributed by atoms with E-state index in [0.29, 0.717) is 0 Å². The summed E-state index contributed by atoms with van der Waals surface area (Å²) in [5.41, 5.74) is 0. The van der Waals surface area contributed by atoms with Gasteiger partial charge in [0, 0.05) is 0 Å². The number of benzene rings is 3. The first-order chi connectivity index (χ1) is 15.0. The molecular formula is C30H33Cl2PTi. The van der Waals surface area contributed by atoms with Crippen molar-refractivity contribution in [3.8, 4) is 0 Å². The van der Waals surface area contributed by atoms with Crippen molar-refractivity contribution in [1.29, 1.82) is 0 Å². The Kier molecular flexibility index (Phi) is 13.1. The SMILES string of the molecule is CC(C)CP(CC(C)C)c1cc2ccccc2[cH-]1.[Cl-].[Cl-].[Ti+4].c1ccc2c(c1)[cH-]c1ccccc12. The molecule has 0 nitrogen and oxygen atoms in total. The molecule has 176 valence electrons. The molecule has 0 aromatic heterocycles. The molecule has 34 heavy (non-hydrogen) atoms. The maximum Gasteiger partial charge on any atom is 4.00 e. The molecule has 0 N–H and O–H groups in total. The summed E-state index contributed by atoms with van der Waals surface area (Å²) in [6, 6.07) is 32.9. The van der Waals surface area contributed by atoms with Gasteiger partial charge in [0.05, 0.1) is 0 Å². The Hall–Kier alpha value is -1.14. The van der Waals surface area contributed by atoms with Crippen LogP contribution in [-0.2, 0) is 21.7 Å². The monoisotopic (exact) mass is 542 g/mol. The first kappa shape index (κ1) is 30.9. The Morgan fingerprint density at radius 2 is 1.06 bits per heavy atom. The molecule has 0 aliphatic carbocycles. The van der Waals surface area contributed by atoms with E-state index in [0.717, 1.165) is 11.8 Å². The first-order valence-corrected chi connectivity index (χ1v) is 13.2. The molecule has 0 aliphatic heterocycles. The third kappa shape index (κ3) is 7.68. The molecule has 0 saturated heterocycles. The van der Waals surface area contributed by atoms with E-state index in [9.17, 15) is 0 Å². The Morgan fingerprint density at radius 3 is 1.53 bits per heavy atom. The van der Waals surface area contributed by atoms with Gasteiger partial charge >= 0.3 is 21.7 Å². The quantitative estimate of drug-likeness (QED) is 0.182. The number of rotatable bonds is 5. The summed E-state index contributed by atoms with van der Waals surface area (Å²) in [5, 5.41) is 9.82. The molecule has 0 spiro atoms. The van der Waals surface area contributed by atoms with Crippen LogP contribution in [0.5, 0.6) is 0 Å². The van der Waals surface area contributed by atoms with Gasteiger partial charge in [0.2, 0.25) is 0 Å². The van der Waals surface area contributed by atoms with Crippen molar-refractivity contribution in [2.24, 2.45) is 11.8 Å². The average molecular weight is 543 g/mol. The van der Waals surface area contributed by atoms with E-state index in [4.69, 9.17) is 0 Å². The molecule has 5 rings (SSSR count). The average Bonchev–Trinajstić information content (AvgIpc) is 3.34. The van der Waals surface area contributed by atoms with E-state index in [-0.39, 0.29) is 54.5 Å². The molecular weight excluding hydrogens is 510 g/mol. The van der Waals surface area contributed by atoms with Crippen LogP contribution in [0, 0.1) is 11.8 Å². The predicted octanol–water partition coefficient (Wildman–Crippen LogP) is 2.70. The standard InChI is InChI=1S/C17H24P.C13H9.2ClH.Ti/c1-13(2)11-18(12-14(3)4)17-9-15-7-5-6-8-16(15)10-17;1-3-7-12-10(5-1)9-11-6-2-4-8-13(11)12;;;/h5-10,13-14H,11-12H2,1-4H3;1-9H;2*1H;/q2*-1;;;+4/p-2. The molecule has 0 amide bonds.